The van der Waals surface area contributed by atoms with Crippen molar-refractivity contribution < 1.29 is 18.7 Å². The van der Waals surface area contributed by atoms with Crippen molar-refractivity contribution in [3.05, 3.63) is 80.2 Å². The van der Waals surface area contributed by atoms with E-state index in [1.807, 2.05) is 19.9 Å². The van der Waals surface area contributed by atoms with Crippen molar-refractivity contribution in [2.45, 2.75) is 33.3 Å². The SMILES string of the molecule is Cc1cc2oc(=O)cc(COC(=O)CCC(=O)c3ccc(Cl)cc3)c2cc1C. The summed E-state index contributed by atoms with van der Waals surface area (Å²) in [5.41, 5.74) is 3.08. The third-order valence-electron chi connectivity index (χ3n) is 4.56. The first kappa shape index (κ1) is 19.8. The maximum Gasteiger partial charge on any atom is 0.336 e. The van der Waals surface area contributed by atoms with Crippen LogP contribution in [-0.4, -0.2) is 11.8 Å². The molecule has 1 heterocycles. The lowest BCUT2D eigenvalue weighted by Crippen LogP contribution is -2.10. The lowest BCUT2D eigenvalue weighted by molar-refractivity contribution is -0.144. The molecule has 0 radical (unpaired) electrons. The fourth-order valence-corrected chi connectivity index (χ4v) is 2.95. The topological polar surface area (TPSA) is 73.6 Å². The molecule has 0 bridgehead atoms. The highest BCUT2D eigenvalue weighted by Crippen LogP contribution is 2.22. The molecule has 6 heteroatoms. The minimum atomic E-state index is -0.507. The number of halogens is 1. The molecule has 0 amide bonds. The van der Waals surface area contributed by atoms with Crippen molar-refractivity contribution in [1.82, 2.24) is 0 Å². The Hall–Kier alpha value is -2.92. The van der Waals surface area contributed by atoms with Crippen molar-refractivity contribution in [2.24, 2.45) is 0 Å². The average Bonchev–Trinajstić information content (AvgIpc) is 2.66. The molecular formula is C22H19ClO5. The summed E-state index contributed by atoms with van der Waals surface area (Å²) < 4.78 is 10.5. The molecule has 144 valence electrons. The molecule has 0 aliphatic carbocycles. The molecule has 3 rings (SSSR count). The van der Waals surface area contributed by atoms with Gasteiger partial charge in [-0.1, -0.05) is 11.6 Å². The molecule has 0 saturated carbocycles. The highest BCUT2D eigenvalue weighted by Gasteiger charge is 2.13. The Morgan fingerprint density at radius 3 is 2.39 bits per heavy atom. The van der Waals surface area contributed by atoms with Gasteiger partial charge >= 0.3 is 11.6 Å². The Morgan fingerprint density at radius 1 is 1.00 bits per heavy atom. The zero-order valence-corrected chi connectivity index (χ0v) is 16.3. The highest BCUT2D eigenvalue weighted by molar-refractivity contribution is 6.30. The fraction of sp³-hybridized carbons (Fsp3) is 0.227. The van der Waals surface area contributed by atoms with Crippen LogP contribution < -0.4 is 5.63 Å². The van der Waals surface area contributed by atoms with Crippen LogP contribution >= 0.6 is 11.6 Å². The van der Waals surface area contributed by atoms with E-state index in [9.17, 15) is 14.4 Å². The fourth-order valence-electron chi connectivity index (χ4n) is 2.83. The maximum atomic E-state index is 12.1. The lowest BCUT2D eigenvalue weighted by Gasteiger charge is -2.09. The van der Waals surface area contributed by atoms with E-state index in [1.54, 1.807) is 30.3 Å². The smallest absolute Gasteiger partial charge is 0.336 e. The molecule has 0 atom stereocenters. The number of carbonyl (C=O) groups excluding carboxylic acids is 2. The third kappa shape index (κ3) is 4.67. The van der Waals surface area contributed by atoms with E-state index in [2.05, 4.69) is 0 Å². The minimum absolute atomic E-state index is 0.0381. The van der Waals surface area contributed by atoms with Crippen LogP contribution in [0.2, 0.25) is 5.02 Å². The first-order valence-corrected chi connectivity index (χ1v) is 9.19. The molecule has 3 aromatic rings. The molecule has 0 unspecified atom stereocenters. The Labute approximate surface area is 166 Å². The predicted octanol–water partition coefficient (Wildman–Crippen LogP) is 4.77. The van der Waals surface area contributed by atoms with Gasteiger partial charge in [-0.05, 0) is 61.4 Å². The summed E-state index contributed by atoms with van der Waals surface area (Å²) in [6, 6.07) is 11.5. The molecule has 28 heavy (non-hydrogen) atoms. The molecular weight excluding hydrogens is 380 g/mol. The van der Waals surface area contributed by atoms with Crippen LogP contribution in [0.1, 0.15) is 39.9 Å². The molecule has 2 aromatic carbocycles. The van der Waals surface area contributed by atoms with Gasteiger partial charge < -0.3 is 9.15 Å². The van der Waals surface area contributed by atoms with Crippen molar-refractivity contribution in [1.29, 1.82) is 0 Å². The normalized spacial score (nSPS) is 10.8. The van der Waals surface area contributed by atoms with E-state index in [0.717, 1.165) is 16.5 Å². The van der Waals surface area contributed by atoms with Crippen LogP contribution in [0, 0.1) is 13.8 Å². The lowest BCUT2D eigenvalue weighted by atomic mass is 10.0. The Morgan fingerprint density at radius 2 is 1.68 bits per heavy atom. The number of fused-ring (bicyclic) bond motifs is 1. The second kappa shape index (κ2) is 8.40. The number of hydrogen-bond donors (Lipinski definition) is 0. The Kier molecular flexibility index (Phi) is 5.95. The summed E-state index contributed by atoms with van der Waals surface area (Å²) in [5, 5.41) is 1.27. The zero-order chi connectivity index (χ0) is 20.3. The molecule has 0 fully saturated rings. The van der Waals surface area contributed by atoms with Crippen LogP contribution in [-0.2, 0) is 16.1 Å². The van der Waals surface area contributed by atoms with Crippen LogP contribution in [0.25, 0.3) is 11.0 Å². The molecule has 0 N–H and O–H groups in total. The van der Waals surface area contributed by atoms with E-state index in [-0.39, 0.29) is 25.2 Å². The van der Waals surface area contributed by atoms with Crippen molar-refractivity contribution in [3.63, 3.8) is 0 Å². The van der Waals surface area contributed by atoms with Crippen LogP contribution in [0.3, 0.4) is 0 Å². The third-order valence-corrected chi connectivity index (χ3v) is 4.81. The number of Topliss-reactive ketones (excluding diaryl/α,β-unsaturated/α-hetero) is 1. The second-order valence-electron chi connectivity index (χ2n) is 6.61. The number of ketones is 1. The first-order chi connectivity index (χ1) is 13.3. The summed E-state index contributed by atoms with van der Waals surface area (Å²) in [4.78, 5) is 35.9. The molecule has 0 spiro atoms. The summed E-state index contributed by atoms with van der Waals surface area (Å²) in [5.74, 6) is -0.668. The largest absolute Gasteiger partial charge is 0.461 e. The van der Waals surface area contributed by atoms with Crippen LogP contribution in [0.15, 0.2) is 51.7 Å². The first-order valence-electron chi connectivity index (χ1n) is 8.82. The van der Waals surface area contributed by atoms with Crippen molar-refractivity contribution in [2.75, 3.05) is 0 Å². The van der Waals surface area contributed by atoms with E-state index >= 15 is 0 Å². The quantitative estimate of drug-likeness (QED) is 0.339. The second-order valence-corrected chi connectivity index (χ2v) is 7.05. The van der Waals surface area contributed by atoms with Gasteiger partial charge in [0.25, 0.3) is 0 Å². The monoisotopic (exact) mass is 398 g/mol. The van der Waals surface area contributed by atoms with Crippen molar-refractivity contribution >= 4 is 34.3 Å². The van der Waals surface area contributed by atoms with Crippen molar-refractivity contribution in [3.8, 4) is 0 Å². The van der Waals surface area contributed by atoms with Gasteiger partial charge in [-0.3, -0.25) is 9.59 Å². The Balaban J connectivity index is 1.64. The standard InChI is InChI=1S/C22H19ClO5/c1-13-9-18-16(11-22(26)28-20(18)10-14(13)2)12-27-21(25)8-7-19(24)15-3-5-17(23)6-4-15/h3-6,9-11H,7-8,12H2,1-2H3. The number of carbonyl (C=O) groups is 2. The number of benzene rings is 2. The molecule has 5 nitrogen and oxygen atoms in total. The number of hydrogen-bond acceptors (Lipinski definition) is 5. The number of rotatable bonds is 6. The van der Waals surface area contributed by atoms with Gasteiger partial charge in [0.05, 0.1) is 6.42 Å². The number of esters is 1. The molecule has 0 saturated heterocycles. The summed E-state index contributed by atoms with van der Waals surface area (Å²) in [7, 11) is 0. The minimum Gasteiger partial charge on any atom is -0.461 e. The van der Waals surface area contributed by atoms with E-state index in [1.165, 1.54) is 6.07 Å². The van der Waals surface area contributed by atoms with Gasteiger partial charge in [0, 0.05) is 34.0 Å². The van der Waals surface area contributed by atoms with Gasteiger partial charge in [-0.25, -0.2) is 4.79 Å². The van der Waals surface area contributed by atoms with Crippen LogP contribution in [0.4, 0.5) is 0 Å². The highest BCUT2D eigenvalue weighted by atomic mass is 35.5. The van der Waals surface area contributed by atoms with Gasteiger partial charge in [-0.15, -0.1) is 0 Å². The zero-order valence-electron chi connectivity index (χ0n) is 15.6. The van der Waals surface area contributed by atoms with E-state index in [0.29, 0.717) is 21.7 Å². The maximum absolute atomic E-state index is 12.1. The summed E-state index contributed by atoms with van der Waals surface area (Å²) in [6.45, 7) is 3.83. The van der Waals surface area contributed by atoms with Gasteiger partial charge in [0.15, 0.2) is 5.78 Å². The van der Waals surface area contributed by atoms with E-state index < -0.39 is 11.6 Å². The summed E-state index contributed by atoms with van der Waals surface area (Å²) in [6.07, 6.45) is -0.00455. The molecule has 1 aromatic heterocycles. The van der Waals surface area contributed by atoms with Gasteiger partial charge in [0.2, 0.25) is 0 Å². The van der Waals surface area contributed by atoms with Gasteiger partial charge in [0.1, 0.15) is 12.2 Å². The summed E-state index contributed by atoms with van der Waals surface area (Å²) >= 11 is 5.80. The number of ether oxygens (including phenoxy) is 1. The Bertz CT molecular complexity index is 1100. The van der Waals surface area contributed by atoms with E-state index in [4.69, 9.17) is 20.8 Å². The molecule has 0 aliphatic rings. The molecule has 0 aliphatic heterocycles. The predicted molar refractivity (Wildman–Crippen MR) is 107 cm³/mol. The van der Waals surface area contributed by atoms with Gasteiger partial charge in [-0.2, -0.15) is 0 Å². The number of aryl methyl sites for hydroxylation is 2. The average molecular weight is 399 g/mol. The van der Waals surface area contributed by atoms with Crippen LogP contribution in [0.5, 0.6) is 0 Å².